The van der Waals surface area contributed by atoms with Crippen LogP contribution in [0, 0.1) is 12.7 Å². The summed E-state index contributed by atoms with van der Waals surface area (Å²) < 4.78 is 18.2. The molecule has 33 heavy (non-hydrogen) atoms. The molecule has 0 atom stereocenters. The van der Waals surface area contributed by atoms with E-state index in [1.165, 1.54) is 6.20 Å². The lowest BCUT2D eigenvalue weighted by Crippen LogP contribution is -2.53. The van der Waals surface area contributed by atoms with Gasteiger partial charge in [0, 0.05) is 53.9 Å². The Labute approximate surface area is 194 Å². The zero-order valence-corrected chi connectivity index (χ0v) is 19.1. The molecule has 0 unspecified atom stereocenters. The molecule has 1 fully saturated rings. The molecule has 0 aromatic carbocycles. The summed E-state index contributed by atoms with van der Waals surface area (Å²) in [6.07, 6.45) is 7.10. The van der Waals surface area contributed by atoms with Crippen LogP contribution < -0.4 is 5.32 Å². The van der Waals surface area contributed by atoms with E-state index >= 15 is 0 Å². The first kappa shape index (κ1) is 21.5. The molecule has 0 radical (unpaired) electrons. The average molecular weight is 469 g/mol. The van der Waals surface area contributed by atoms with Gasteiger partial charge >= 0.3 is 0 Å². The molecule has 2 N–H and O–H groups in total. The number of pyridine rings is 2. The number of nitrogens with one attached hydrogen (secondary N) is 1. The van der Waals surface area contributed by atoms with Crippen molar-refractivity contribution in [3.63, 3.8) is 0 Å². The predicted molar refractivity (Wildman–Crippen MR) is 121 cm³/mol. The Kier molecular flexibility index (Phi) is 4.98. The maximum absolute atomic E-state index is 14.9. The third kappa shape index (κ3) is 3.77. The van der Waals surface area contributed by atoms with Crippen LogP contribution >= 0.6 is 11.6 Å². The molecule has 0 saturated heterocycles. The van der Waals surface area contributed by atoms with E-state index in [-0.39, 0.29) is 17.1 Å². The minimum absolute atomic E-state index is 0.0636. The highest BCUT2D eigenvalue weighted by molar-refractivity contribution is 6.32. The third-order valence-electron chi connectivity index (χ3n) is 5.98. The summed E-state index contributed by atoms with van der Waals surface area (Å²) in [5.41, 5.74) is 2.53. The van der Waals surface area contributed by atoms with E-state index in [1.807, 2.05) is 0 Å². The second-order valence-electron chi connectivity index (χ2n) is 8.82. The van der Waals surface area contributed by atoms with Gasteiger partial charge in [0.05, 0.1) is 17.5 Å². The summed E-state index contributed by atoms with van der Waals surface area (Å²) >= 11 is 6.63. The van der Waals surface area contributed by atoms with Crippen molar-refractivity contribution in [2.24, 2.45) is 7.05 Å². The van der Waals surface area contributed by atoms with Crippen molar-refractivity contribution in [1.29, 1.82) is 0 Å². The summed E-state index contributed by atoms with van der Waals surface area (Å²) in [6.45, 7) is 3.55. The van der Waals surface area contributed by atoms with E-state index in [9.17, 15) is 14.3 Å². The number of amides is 1. The maximum atomic E-state index is 14.9. The van der Waals surface area contributed by atoms with Crippen molar-refractivity contribution >= 4 is 23.2 Å². The van der Waals surface area contributed by atoms with Crippen molar-refractivity contribution < 1.29 is 14.3 Å². The van der Waals surface area contributed by atoms with Crippen LogP contribution in [0.25, 0.3) is 28.0 Å². The summed E-state index contributed by atoms with van der Waals surface area (Å²) in [5.74, 6) is -0.758. The fourth-order valence-corrected chi connectivity index (χ4v) is 4.72. The van der Waals surface area contributed by atoms with Crippen LogP contribution in [0.2, 0.25) is 5.15 Å². The van der Waals surface area contributed by atoms with Crippen molar-refractivity contribution in [3.05, 3.63) is 59.1 Å². The number of halogens is 2. The van der Waals surface area contributed by atoms with Crippen LogP contribution in [0.3, 0.4) is 0 Å². The van der Waals surface area contributed by atoms with Crippen LogP contribution in [0.4, 0.5) is 4.39 Å². The van der Waals surface area contributed by atoms with Crippen LogP contribution in [-0.2, 0) is 7.05 Å². The molecule has 10 heteroatoms. The van der Waals surface area contributed by atoms with Crippen molar-refractivity contribution in [2.45, 2.75) is 38.3 Å². The number of aryl methyl sites for hydroxylation is 2. The lowest BCUT2D eigenvalue weighted by molar-refractivity contribution is -0.0366. The highest BCUT2D eigenvalue weighted by atomic mass is 35.5. The summed E-state index contributed by atoms with van der Waals surface area (Å²) in [4.78, 5) is 21.3. The van der Waals surface area contributed by atoms with Gasteiger partial charge in [-0.05, 0) is 38.8 Å². The van der Waals surface area contributed by atoms with Gasteiger partial charge in [0.1, 0.15) is 22.3 Å². The van der Waals surface area contributed by atoms with Gasteiger partial charge in [0.25, 0.3) is 5.91 Å². The van der Waals surface area contributed by atoms with Gasteiger partial charge in [-0.2, -0.15) is 5.10 Å². The smallest absolute Gasteiger partial charge is 0.251 e. The Morgan fingerprint density at radius 1 is 1.33 bits per heavy atom. The number of rotatable bonds is 4. The number of aliphatic hydroxyl groups is 1. The van der Waals surface area contributed by atoms with Gasteiger partial charge in [-0.3, -0.25) is 18.9 Å². The van der Waals surface area contributed by atoms with E-state index in [4.69, 9.17) is 11.6 Å². The molecule has 4 heterocycles. The molecular formula is C23H22ClFN6O2. The molecule has 1 aliphatic carbocycles. The molecule has 4 aromatic heterocycles. The molecule has 0 aliphatic heterocycles. The van der Waals surface area contributed by atoms with Gasteiger partial charge in [-0.1, -0.05) is 11.6 Å². The van der Waals surface area contributed by atoms with Crippen LogP contribution in [0.5, 0.6) is 0 Å². The van der Waals surface area contributed by atoms with Crippen molar-refractivity contribution in [1.82, 2.24) is 29.5 Å². The second-order valence-corrected chi connectivity index (χ2v) is 9.17. The fraction of sp³-hybridized carbons (Fsp3) is 0.304. The van der Waals surface area contributed by atoms with Crippen LogP contribution in [0.1, 0.15) is 35.8 Å². The van der Waals surface area contributed by atoms with Gasteiger partial charge in [-0.15, -0.1) is 0 Å². The quantitative estimate of drug-likeness (QED) is 0.477. The second kappa shape index (κ2) is 7.64. The number of hydrogen-bond acceptors (Lipinski definition) is 5. The van der Waals surface area contributed by atoms with E-state index in [1.54, 1.807) is 54.5 Å². The first-order chi connectivity index (χ1) is 15.6. The van der Waals surface area contributed by atoms with Crippen LogP contribution in [-0.4, -0.2) is 46.8 Å². The van der Waals surface area contributed by atoms with E-state index in [2.05, 4.69) is 20.4 Å². The highest BCUT2D eigenvalue weighted by Gasteiger charge is 2.39. The Balaban J connectivity index is 1.54. The first-order valence-electron chi connectivity index (χ1n) is 10.5. The van der Waals surface area contributed by atoms with Crippen molar-refractivity contribution in [3.8, 4) is 22.4 Å². The molecular weight excluding hydrogens is 447 g/mol. The monoisotopic (exact) mass is 468 g/mol. The standard InChI is InChI=1S/C23H22ClFN6O2/c1-12-16(11-30(3)29-12)19-15(9-26-10-17(19)25)20-21(24)31-5-4-13(6-18(31)28-20)22(32)27-14-7-23(2,33)8-14/h4-6,9-11,14,33H,7-8H2,1-3H3,(H,27,32). The fourth-order valence-electron chi connectivity index (χ4n) is 4.43. The number of aromatic nitrogens is 5. The van der Waals surface area contributed by atoms with Crippen molar-refractivity contribution in [2.75, 3.05) is 0 Å². The summed E-state index contributed by atoms with van der Waals surface area (Å²) in [7, 11) is 1.77. The number of nitrogens with zero attached hydrogens (tertiary/aromatic N) is 5. The molecule has 170 valence electrons. The van der Waals surface area contributed by atoms with Gasteiger partial charge in [-0.25, -0.2) is 9.37 Å². The van der Waals surface area contributed by atoms with Crippen LogP contribution in [0.15, 0.2) is 36.9 Å². The van der Waals surface area contributed by atoms with E-state index in [0.29, 0.717) is 52.1 Å². The molecule has 1 aliphatic rings. The topological polar surface area (TPSA) is 97.3 Å². The zero-order chi connectivity index (χ0) is 23.5. The zero-order valence-electron chi connectivity index (χ0n) is 18.3. The van der Waals surface area contributed by atoms with Gasteiger partial charge < -0.3 is 10.4 Å². The van der Waals surface area contributed by atoms with E-state index in [0.717, 1.165) is 6.20 Å². The molecule has 0 spiro atoms. The molecule has 1 amide bonds. The van der Waals surface area contributed by atoms with Gasteiger partial charge in [0.2, 0.25) is 0 Å². The Morgan fingerprint density at radius 2 is 2.09 bits per heavy atom. The Bertz CT molecular complexity index is 1400. The molecule has 0 bridgehead atoms. The number of imidazole rings is 1. The third-order valence-corrected chi connectivity index (χ3v) is 6.34. The largest absolute Gasteiger partial charge is 0.390 e. The molecule has 1 saturated carbocycles. The Morgan fingerprint density at radius 3 is 2.76 bits per heavy atom. The lowest BCUT2D eigenvalue weighted by Gasteiger charge is -2.41. The lowest BCUT2D eigenvalue weighted by atomic mass is 9.77. The Hall–Kier alpha value is -3.30. The number of carbonyl (C=O) groups is 1. The SMILES string of the molecule is Cc1nn(C)cc1-c1c(F)cncc1-c1nc2cc(C(=O)NC3CC(C)(O)C3)ccn2c1Cl. The maximum Gasteiger partial charge on any atom is 0.251 e. The minimum Gasteiger partial charge on any atom is -0.390 e. The normalized spacial score (nSPS) is 20.1. The number of fused-ring (bicyclic) bond motifs is 1. The number of hydrogen-bond donors (Lipinski definition) is 2. The average Bonchev–Trinajstić information content (AvgIpc) is 3.24. The first-order valence-corrected chi connectivity index (χ1v) is 10.9. The highest BCUT2D eigenvalue weighted by Crippen LogP contribution is 2.38. The minimum atomic E-state index is -0.725. The molecule has 8 nitrogen and oxygen atoms in total. The molecule has 4 aromatic rings. The summed E-state index contributed by atoms with van der Waals surface area (Å²) in [6, 6.07) is 3.21. The summed E-state index contributed by atoms with van der Waals surface area (Å²) in [5, 5.41) is 17.4. The molecule has 5 rings (SSSR count). The van der Waals surface area contributed by atoms with E-state index < -0.39 is 11.4 Å². The predicted octanol–water partition coefficient (Wildman–Crippen LogP) is 3.54. The van der Waals surface area contributed by atoms with Gasteiger partial charge in [0.15, 0.2) is 0 Å². The number of carbonyl (C=O) groups excluding carboxylic acids is 1.